The van der Waals surface area contributed by atoms with Crippen molar-refractivity contribution in [3.63, 3.8) is 0 Å². The highest BCUT2D eigenvalue weighted by Gasteiger charge is 2.30. The minimum absolute atomic E-state index is 0.0329. The van der Waals surface area contributed by atoms with Crippen LogP contribution in [0, 0.1) is 20.8 Å². The number of quaternary nitrogens is 1. The standard InChI is InChI=1S/C23H26N2O3S/c1-13-8-10-17(11-9-13)21(18-7-6-12-29-18)25-16(4)22(26)20-14(2)19(15(3)24-20)23(27)28-5/h6-12,16,21,24-25H,1-5H3/p+1/t16-,21+/m0/s1. The maximum Gasteiger partial charge on any atom is 0.339 e. The number of hydrogen-bond acceptors (Lipinski definition) is 4. The lowest BCUT2D eigenvalue weighted by molar-refractivity contribution is -0.703. The third kappa shape index (κ3) is 4.33. The van der Waals surface area contributed by atoms with Crippen LogP contribution in [0.25, 0.3) is 0 Å². The van der Waals surface area contributed by atoms with E-state index in [1.165, 1.54) is 17.6 Å². The SMILES string of the molecule is COC(=O)c1c(C)[nH]c(C(=O)[C@H](C)[NH2+][C@H](c2ccc(C)cc2)c2cccs2)c1C. The van der Waals surface area contributed by atoms with E-state index < -0.39 is 5.97 Å². The van der Waals surface area contributed by atoms with Gasteiger partial charge in [-0.05, 0) is 44.7 Å². The maximum atomic E-state index is 13.2. The summed E-state index contributed by atoms with van der Waals surface area (Å²) in [6, 6.07) is 12.3. The number of esters is 1. The van der Waals surface area contributed by atoms with Gasteiger partial charge in [-0.15, -0.1) is 11.3 Å². The number of nitrogens with one attached hydrogen (secondary N) is 1. The van der Waals surface area contributed by atoms with Crippen LogP contribution < -0.4 is 5.32 Å². The van der Waals surface area contributed by atoms with Crippen molar-refractivity contribution in [2.24, 2.45) is 0 Å². The third-order valence-electron chi connectivity index (χ3n) is 5.25. The lowest BCUT2D eigenvalue weighted by Crippen LogP contribution is -2.92. The Bertz CT molecular complexity index is 1000. The summed E-state index contributed by atoms with van der Waals surface area (Å²) in [5, 5.41) is 4.14. The molecule has 3 aromatic rings. The lowest BCUT2D eigenvalue weighted by Gasteiger charge is -2.19. The summed E-state index contributed by atoms with van der Waals surface area (Å²) < 4.78 is 4.86. The van der Waals surface area contributed by atoms with E-state index in [0.29, 0.717) is 22.5 Å². The van der Waals surface area contributed by atoms with Crippen molar-refractivity contribution in [3.05, 3.63) is 80.3 Å². The first-order chi connectivity index (χ1) is 13.8. The van der Waals surface area contributed by atoms with Crippen LogP contribution in [0.5, 0.6) is 0 Å². The van der Waals surface area contributed by atoms with Crippen LogP contribution >= 0.6 is 11.3 Å². The van der Waals surface area contributed by atoms with Crippen molar-refractivity contribution in [1.29, 1.82) is 0 Å². The highest BCUT2D eigenvalue weighted by molar-refractivity contribution is 7.10. The molecule has 1 aromatic carbocycles. The van der Waals surface area contributed by atoms with Gasteiger partial charge in [0.2, 0.25) is 5.78 Å². The molecule has 5 nitrogen and oxygen atoms in total. The van der Waals surface area contributed by atoms with E-state index in [1.807, 2.05) is 13.0 Å². The van der Waals surface area contributed by atoms with Crippen molar-refractivity contribution in [1.82, 2.24) is 4.98 Å². The molecule has 2 atom stereocenters. The van der Waals surface area contributed by atoms with E-state index in [9.17, 15) is 9.59 Å². The summed E-state index contributed by atoms with van der Waals surface area (Å²) in [6.07, 6.45) is 0. The molecule has 6 heteroatoms. The molecule has 0 bridgehead atoms. The number of thiophene rings is 1. The van der Waals surface area contributed by atoms with Gasteiger partial charge < -0.3 is 15.0 Å². The van der Waals surface area contributed by atoms with E-state index >= 15 is 0 Å². The zero-order chi connectivity index (χ0) is 21.1. The average molecular weight is 412 g/mol. The molecule has 0 amide bonds. The molecule has 0 saturated heterocycles. The number of aromatic amines is 1. The van der Waals surface area contributed by atoms with Gasteiger partial charge >= 0.3 is 5.97 Å². The fourth-order valence-corrected chi connectivity index (χ4v) is 4.45. The Balaban J connectivity index is 1.89. The minimum Gasteiger partial charge on any atom is -0.465 e. The smallest absolute Gasteiger partial charge is 0.339 e. The Kier molecular flexibility index (Phi) is 6.35. The summed E-state index contributed by atoms with van der Waals surface area (Å²) in [5.41, 5.74) is 4.57. The molecule has 0 radical (unpaired) electrons. The average Bonchev–Trinajstić information content (AvgIpc) is 3.34. The fourth-order valence-electron chi connectivity index (χ4n) is 3.62. The second-order valence-electron chi connectivity index (χ2n) is 7.37. The quantitative estimate of drug-likeness (QED) is 0.460. The van der Waals surface area contributed by atoms with Gasteiger partial charge in [-0.3, -0.25) is 4.79 Å². The van der Waals surface area contributed by atoms with Crippen molar-refractivity contribution in [2.45, 2.75) is 39.8 Å². The highest BCUT2D eigenvalue weighted by atomic mass is 32.1. The van der Waals surface area contributed by atoms with Crippen LogP contribution in [0.3, 0.4) is 0 Å². The molecule has 2 heterocycles. The van der Waals surface area contributed by atoms with Crippen molar-refractivity contribution in [3.8, 4) is 0 Å². The van der Waals surface area contributed by atoms with Gasteiger partial charge in [-0.2, -0.15) is 0 Å². The highest BCUT2D eigenvalue weighted by Crippen LogP contribution is 2.24. The first-order valence-corrected chi connectivity index (χ1v) is 10.5. The van der Waals surface area contributed by atoms with Gasteiger partial charge in [0, 0.05) is 11.3 Å². The Hall–Kier alpha value is -2.70. The Labute approximate surface area is 175 Å². The molecule has 152 valence electrons. The van der Waals surface area contributed by atoms with Crippen LogP contribution in [0.4, 0.5) is 0 Å². The maximum absolute atomic E-state index is 13.2. The topological polar surface area (TPSA) is 75.8 Å². The number of rotatable bonds is 7. The first kappa shape index (κ1) is 21.0. The molecule has 0 unspecified atom stereocenters. The van der Waals surface area contributed by atoms with E-state index in [-0.39, 0.29) is 17.9 Å². The van der Waals surface area contributed by atoms with Crippen LogP contribution in [0.2, 0.25) is 0 Å². The van der Waals surface area contributed by atoms with Gasteiger partial charge in [-0.25, -0.2) is 4.79 Å². The number of ketones is 1. The summed E-state index contributed by atoms with van der Waals surface area (Å²) in [4.78, 5) is 29.6. The Morgan fingerprint density at radius 2 is 1.79 bits per heavy atom. The zero-order valence-electron chi connectivity index (χ0n) is 17.4. The largest absolute Gasteiger partial charge is 0.465 e. The number of carbonyl (C=O) groups is 2. The normalized spacial score (nSPS) is 13.1. The number of ether oxygens (including phenoxy) is 1. The van der Waals surface area contributed by atoms with Crippen LogP contribution in [0.1, 0.15) is 61.1 Å². The number of aryl methyl sites for hydroxylation is 2. The van der Waals surface area contributed by atoms with E-state index in [4.69, 9.17) is 4.74 Å². The molecule has 0 aliphatic rings. The zero-order valence-corrected chi connectivity index (χ0v) is 18.2. The molecule has 0 aliphatic heterocycles. The molecule has 3 rings (SSSR count). The van der Waals surface area contributed by atoms with Crippen molar-refractivity contribution >= 4 is 23.1 Å². The first-order valence-electron chi connectivity index (χ1n) is 9.60. The van der Waals surface area contributed by atoms with Gasteiger partial charge in [0.15, 0.2) is 0 Å². The predicted molar refractivity (Wildman–Crippen MR) is 115 cm³/mol. The van der Waals surface area contributed by atoms with Crippen LogP contribution in [0.15, 0.2) is 41.8 Å². The van der Waals surface area contributed by atoms with Crippen molar-refractivity contribution in [2.75, 3.05) is 7.11 Å². The summed E-state index contributed by atoms with van der Waals surface area (Å²) in [6.45, 7) is 7.54. The Morgan fingerprint density at radius 1 is 1.10 bits per heavy atom. The van der Waals surface area contributed by atoms with Gasteiger partial charge in [0.25, 0.3) is 0 Å². The Morgan fingerprint density at radius 3 is 2.38 bits per heavy atom. The van der Waals surface area contributed by atoms with E-state index in [1.54, 1.807) is 25.2 Å². The summed E-state index contributed by atoms with van der Waals surface area (Å²) in [5.74, 6) is -0.461. The number of Topliss-reactive ketones (excluding diaryl/α,β-unsaturated/α-hetero) is 1. The molecule has 0 aliphatic carbocycles. The lowest BCUT2D eigenvalue weighted by atomic mass is 10.0. The number of carbonyl (C=O) groups excluding carboxylic acids is 2. The summed E-state index contributed by atoms with van der Waals surface area (Å²) >= 11 is 1.68. The predicted octanol–water partition coefficient (Wildman–Crippen LogP) is 3.71. The second kappa shape index (κ2) is 8.76. The van der Waals surface area contributed by atoms with Crippen molar-refractivity contribution < 1.29 is 19.6 Å². The van der Waals surface area contributed by atoms with Crippen LogP contribution in [-0.4, -0.2) is 29.9 Å². The molecule has 0 fully saturated rings. The molecular weight excluding hydrogens is 384 g/mol. The third-order valence-corrected chi connectivity index (χ3v) is 6.21. The number of hydrogen-bond donors (Lipinski definition) is 2. The van der Waals surface area contributed by atoms with Crippen LogP contribution in [-0.2, 0) is 4.74 Å². The number of benzene rings is 1. The van der Waals surface area contributed by atoms with Gasteiger partial charge in [-0.1, -0.05) is 35.9 Å². The number of methoxy groups -OCH3 is 1. The molecule has 3 N–H and O–H groups in total. The number of aromatic nitrogens is 1. The number of H-pyrrole nitrogens is 1. The molecule has 2 aromatic heterocycles. The van der Waals surface area contributed by atoms with Gasteiger partial charge in [0.1, 0.15) is 12.1 Å². The van der Waals surface area contributed by atoms with Gasteiger partial charge in [0.05, 0.1) is 23.2 Å². The molecule has 0 saturated carbocycles. The minimum atomic E-state index is -0.428. The fraction of sp³-hybridized carbons (Fsp3) is 0.304. The molecular formula is C23H27N2O3S+. The van der Waals surface area contributed by atoms with E-state index in [0.717, 1.165) is 5.56 Å². The molecule has 0 spiro atoms. The van der Waals surface area contributed by atoms with E-state index in [2.05, 4.69) is 52.9 Å². The molecule has 29 heavy (non-hydrogen) atoms. The number of nitrogens with two attached hydrogens (primary N) is 1. The second-order valence-corrected chi connectivity index (χ2v) is 8.35. The monoisotopic (exact) mass is 411 g/mol. The summed E-state index contributed by atoms with van der Waals surface area (Å²) in [7, 11) is 1.35.